The van der Waals surface area contributed by atoms with E-state index in [1.165, 1.54) is 12.8 Å². The molecule has 0 atom stereocenters. The summed E-state index contributed by atoms with van der Waals surface area (Å²) in [6.07, 6.45) is 4.42. The minimum Gasteiger partial charge on any atom is -0.493 e. The summed E-state index contributed by atoms with van der Waals surface area (Å²) in [6.45, 7) is 3.97. The van der Waals surface area contributed by atoms with Crippen molar-refractivity contribution in [1.82, 2.24) is 14.7 Å². The Labute approximate surface area is 155 Å². The third kappa shape index (κ3) is 4.33. The lowest BCUT2D eigenvalue weighted by atomic mass is 9.98. The zero-order valence-electron chi connectivity index (χ0n) is 15.0. The molecule has 0 amide bonds. The van der Waals surface area contributed by atoms with Gasteiger partial charge in [-0.25, -0.2) is 4.68 Å². The highest BCUT2D eigenvalue weighted by molar-refractivity contribution is 5.30. The highest BCUT2D eigenvalue weighted by atomic mass is 16.5. The van der Waals surface area contributed by atoms with E-state index in [9.17, 15) is 0 Å². The van der Waals surface area contributed by atoms with E-state index in [0.29, 0.717) is 5.92 Å². The highest BCUT2D eigenvalue weighted by Gasteiger charge is 2.20. The molecule has 4 rings (SSSR count). The van der Waals surface area contributed by atoms with Crippen molar-refractivity contribution >= 4 is 0 Å². The van der Waals surface area contributed by atoms with Crippen LogP contribution < -0.4 is 4.74 Å². The van der Waals surface area contributed by atoms with Crippen LogP contribution in [0.15, 0.2) is 72.9 Å². The molecule has 0 unspecified atom stereocenters. The molecule has 1 saturated heterocycles. The molecule has 0 saturated carbocycles. The van der Waals surface area contributed by atoms with E-state index in [1.807, 2.05) is 59.4 Å². The first kappa shape index (κ1) is 16.9. The van der Waals surface area contributed by atoms with E-state index in [1.54, 1.807) is 0 Å². The predicted octanol–water partition coefficient (Wildman–Crippen LogP) is 4.16. The van der Waals surface area contributed by atoms with Gasteiger partial charge < -0.3 is 4.74 Å². The summed E-state index contributed by atoms with van der Waals surface area (Å²) >= 11 is 0. The monoisotopic (exact) mass is 347 g/mol. The van der Waals surface area contributed by atoms with Crippen molar-refractivity contribution in [1.29, 1.82) is 0 Å². The van der Waals surface area contributed by atoms with Crippen LogP contribution in [0.4, 0.5) is 0 Å². The number of ether oxygens (including phenoxy) is 1. The Balaban J connectivity index is 1.25. The van der Waals surface area contributed by atoms with E-state index in [0.717, 1.165) is 43.4 Å². The Morgan fingerprint density at radius 1 is 0.885 bits per heavy atom. The minimum atomic E-state index is 0.647. The largest absolute Gasteiger partial charge is 0.493 e. The van der Waals surface area contributed by atoms with Crippen LogP contribution in [0.5, 0.6) is 5.75 Å². The van der Waals surface area contributed by atoms with Crippen LogP contribution in [0.1, 0.15) is 18.5 Å². The minimum absolute atomic E-state index is 0.647. The fraction of sp³-hybridized carbons (Fsp3) is 0.318. The van der Waals surface area contributed by atoms with Crippen LogP contribution in [0.25, 0.3) is 5.69 Å². The molecule has 2 heterocycles. The van der Waals surface area contributed by atoms with Crippen LogP contribution >= 0.6 is 0 Å². The first-order valence-corrected chi connectivity index (χ1v) is 9.37. The zero-order valence-corrected chi connectivity index (χ0v) is 15.0. The number of aromatic nitrogens is 2. The molecule has 0 radical (unpaired) electrons. The zero-order chi connectivity index (χ0) is 17.6. The maximum atomic E-state index is 5.92. The number of hydrogen-bond acceptors (Lipinski definition) is 3. The summed E-state index contributed by atoms with van der Waals surface area (Å²) in [6, 6.07) is 22.5. The molecule has 1 aromatic heterocycles. The topological polar surface area (TPSA) is 30.3 Å². The fourth-order valence-corrected chi connectivity index (χ4v) is 3.44. The Morgan fingerprint density at radius 2 is 1.58 bits per heavy atom. The third-order valence-electron chi connectivity index (χ3n) is 4.99. The van der Waals surface area contributed by atoms with Gasteiger partial charge in [0.25, 0.3) is 0 Å². The van der Waals surface area contributed by atoms with Gasteiger partial charge in [0.15, 0.2) is 0 Å². The fourth-order valence-electron chi connectivity index (χ4n) is 3.44. The number of rotatable bonds is 6. The average Bonchev–Trinajstić information content (AvgIpc) is 3.17. The van der Waals surface area contributed by atoms with E-state index >= 15 is 0 Å². The molecule has 1 fully saturated rings. The molecular formula is C22H25N3O. The standard InChI is InChI=1S/C22H25N3O/c1-3-7-21(8-4-1)25-16-13-20(23-25)17-24-14-11-19(12-15-24)18-26-22-9-5-2-6-10-22/h1-10,13,16,19H,11-12,14-15,17-18H2. The molecule has 0 aliphatic carbocycles. The number of benzene rings is 2. The molecule has 2 aromatic carbocycles. The maximum Gasteiger partial charge on any atom is 0.119 e. The van der Waals surface area contributed by atoms with Crippen molar-refractivity contribution in [3.8, 4) is 11.4 Å². The van der Waals surface area contributed by atoms with Gasteiger partial charge in [0, 0.05) is 12.7 Å². The van der Waals surface area contributed by atoms with Crippen molar-refractivity contribution in [2.24, 2.45) is 5.92 Å². The molecular weight excluding hydrogens is 322 g/mol. The maximum absolute atomic E-state index is 5.92. The van der Waals surface area contributed by atoms with Crippen LogP contribution in [0.2, 0.25) is 0 Å². The number of likely N-dealkylation sites (tertiary alicyclic amines) is 1. The van der Waals surface area contributed by atoms with Gasteiger partial charge >= 0.3 is 0 Å². The second-order valence-corrected chi connectivity index (χ2v) is 6.93. The third-order valence-corrected chi connectivity index (χ3v) is 4.99. The SMILES string of the molecule is c1ccc(OCC2CCN(Cc3ccn(-c4ccccc4)n3)CC2)cc1. The second-order valence-electron chi connectivity index (χ2n) is 6.93. The van der Waals surface area contributed by atoms with E-state index in [-0.39, 0.29) is 0 Å². The van der Waals surface area contributed by atoms with Gasteiger partial charge in [0.1, 0.15) is 5.75 Å². The Hall–Kier alpha value is -2.59. The van der Waals surface area contributed by atoms with E-state index < -0.39 is 0 Å². The molecule has 4 nitrogen and oxygen atoms in total. The Kier molecular flexibility index (Phi) is 5.31. The highest BCUT2D eigenvalue weighted by Crippen LogP contribution is 2.20. The first-order valence-electron chi connectivity index (χ1n) is 9.37. The summed E-state index contributed by atoms with van der Waals surface area (Å²) in [5.41, 5.74) is 2.24. The first-order chi connectivity index (χ1) is 12.9. The summed E-state index contributed by atoms with van der Waals surface area (Å²) < 4.78 is 7.87. The molecule has 134 valence electrons. The molecule has 0 spiro atoms. The van der Waals surface area contributed by atoms with Crippen molar-refractivity contribution < 1.29 is 4.74 Å². The second kappa shape index (κ2) is 8.19. The smallest absolute Gasteiger partial charge is 0.119 e. The van der Waals surface area contributed by atoms with Crippen LogP contribution in [0, 0.1) is 5.92 Å². The molecule has 1 aliphatic rings. The molecule has 0 N–H and O–H groups in total. The average molecular weight is 347 g/mol. The molecule has 0 bridgehead atoms. The lowest BCUT2D eigenvalue weighted by Crippen LogP contribution is -2.35. The van der Waals surface area contributed by atoms with Crippen LogP contribution in [0.3, 0.4) is 0 Å². The van der Waals surface area contributed by atoms with Crippen molar-refractivity contribution in [2.45, 2.75) is 19.4 Å². The summed E-state index contributed by atoms with van der Waals surface area (Å²) in [7, 11) is 0. The van der Waals surface area contributed by atoms with Crippen LogP contribution in [-0.4, -0.2) is 34.4 Å². The summed E-state index contributed by atoms with van der Waals surface area (Å²) in [4.78, 5) is 2.50. The van der Waals surface area contributed by atoms with E-state index in [2.05, 4.69) is 23.1 Å². The van der Waals surface area contributed by atoms with Crippen LogP contribution in [-0.2, 0) is 6.54 Å². The van der Waals surface area contributed by atoms with Gasteiger partial charge in [0.2, 0.25) is 0 Å². The van der Waals surface area contributed by atoms with Crippen molar-refractivity contribution in [2.75, 3.05) is 19.7 Å². The Morgan fingerprint density at radius 3 is 2.31 bits per heavy atom. The number of hydrogen-bond donors (Lipinski definition) is 0. The molecule has 26 heavy (non-hydrogen) atoms. The number of nitrogens with zero attached hydrogens (tertiary/aromatic N) is 3. The molecule has 1 aliphatic heterocycles. The molecule has 3 aromatic rings. The van der Waals surface area contributed by atoms with Gasteiger partial charge in [-0.15, -0.1) is 0 Å². The number of piperidine rings is 1. The van der Waals surface area contributed by atoms with Gasteiger partial charge in [-0.3, -0.25) is 4.90 Å². The van der Waals surface area contributed by atoms with Crippen molar-refractivity contribution in [3.05, 3.63) is 78.6 Å². The normalized spacial score (nSPS) is 15.8. The van der Waals surface area contributed by atoms with Gasteiger partial charge in [-0.05, 0) is 62.2 Å². The summed E-state index contributed by atoms with van der Waals surface area (Å²) in [5.74, 6) is 1.62. The predicted molar refractivity (Wildman–Crippen MR) is 104 cm³/mol. The van der Waals surface area contributed by atoms with Gasteiger partial charge in [-0.1, -0.05) is 36.4 Å². The lowest BCUT2D eigenvalue weighted by Gasteiger charge is -2.31. The summed E-state index contributed by atoms with van der Waals surface area (Å²) in [5, 5.41) is 4.72. The quantitative estimate of drug-likeness (QED) is 0.671. The van der Waals surface area contributed by atoms with Crippen molar-refractivity contribution in [3.63, 3.8) is 0 Å². The van der Waals surface area contributed by atoms with Gasteiger partial charge in [0.05, 0.1) is 18.0 Å². The van der Waals surface area contributed by atoms with Gasteiger partial charge in [-0.2, -0.15) is 5.10 Å². The molecule has 4 heteroatoms. The lowest BCUT2D eigenvalue weighted by molar-refractivity contribution is 0.135. The number of para-hydroxylation sites is 2. The Bertz CT molecular complexity index is 793. The van der Waals surface area contributed by atoms with E-state index in [4.69, 9.17) is 9.84 Å².